The summed E-state index contributed by atoms with van der Waals surface area (Å²) in [5, 5.41) is 2.26. The molecule has 0 aliphatic rings. The first-order chi connectivity index (χ1) is 6.80. The average Bonchev–Trinajstić information content (AvgIpc) is 2.05. The Bertz CT molecular complexity index is 501. The summed E-state index contributed by atoms with van der Waals surface area (Å²) < 4.78 is 21.8. The topological polar surface area (TPSA) is 89.3 Å². The fourth-order valence-corrected chi connectivity index (χ4v) is 1.95. The van der Waals surface area contributed by atoms with E-state index in [4.69, 9.17) is 28.0 Å². The van der Waals surface area contributed by atoms with Crippen molar-refractivity contribution in [1.82, 2.24) is 0 Å². The van der Waals surface area contributed by atoms with Crippen LogP contribution in [-0.4, -0.2) is 14.4 Å². The smallest absolute Gasteiger partial charge is 0.316 e. The molecule has 2 amide bonds. The zero-order chi connectivity index (χ0) is 11.6. The van der Waals surface area contributed by atoms with E-state index in [1.54, 1.807) is 0 Å². The van der Waals surface area contributed by atoms with Gasteiger partial charge in [0.15, 0.2) is 0 Å². The van der Waals surface area contributed by atoms with Crippen LogP contribution in [0.15, 0.2) is 23.1 Å². The van der Waals surface area contributed by atoms with Crippen molar-refractivity contribution in [3.8, 4) is 0 Å². The highest BCUT2D eigenvalue weighted by Gasteiger charge is 2.12. The van der Waals surface area contributed by atoms with Crippen LogP contribution in [0.2, 0.25) is 5.02 Å². The number of benzene rings is 1. The summed E-state index contributed by atoms with van der Waals surface area (Å²) in [6.07, 6.45) is 0. The minimum atomic E-state index is -3.83. The molecule has 1 aromatic rings. The summed E-state index contributed by atoms with van der Waals surface area (Å²) in [5.41, 5.74) is 5.08. The van der Waals surface area contributed by atoms with Gasteiger partial charge in [0, 0.05) is 10.7 Å². The van der Waals surface area contributed by atoms with E-state index in [1.165, 1.54) is 12.1 Å². The van der Waals surface area contributed by atoms with E-state index < -0.39 is 15.1 Å². The highest BCUT2D eigenvalue weighted by Crippen LogP contribution is 2.26. The summed E-state index contributed by atoms with van der Waals surface area (Å²) in [6, 6.07) is 2.83. The number of nitrogens with two attached hydrogens (primary N) is 1. The Labute approximate surface area is 95.6 Å². The van der Waals surface area contributed by atoms with Gasteiger partial charge in [-0.25, -0.2) is 13.2 Å². The molecule has 0 aromatic heterocycles. The van der Waals surface area contributed by atoms with Crippen LogP contribution in [-0.2, 0) is 9.05 Å². The van der Waals surface area contributed by atoms with Gasteiger partial charge >= 0.3 is 6.03 Å². The second kappa shape index (κ2) is 4.26. The Morgan fingerprint density at radius 3 is 2.40 bits per heavy atom. The molecule has 0 fully saturated rings. The van der Waals surface area contributed by atoms with Gasteiger partial charge in [-0.05, 0) is 18.2 Å². The van der Waals surface area contributed by atoms with Crippen LogP contribution in [0.25, 0.3) is 0 Å². The van der Waals surface area contributed by atoms with Crippen molar-refractivity contribution in [3.63, 3.8) is 0 Å². The number of urea groups is 1. The molecular weight excluding hydrogens is 263 g/mol. The van der Waals surface area contributed by atoms with Crippen LogP contribution in [0.3, 0.4) is 0 Å². The van der Waals surface area contributed by atoms with Crippen LogP contribution in [0.1, 0.15) is 0 Å². The van der Waals surface area contributed by atoms with Crippen LogP contribution in [0.4, 0.5) is 10.5 Å². The minimum Gasteiger partial charge on any atom is -0.351 e. The standard InChI is InChI=1S/C7H6Cl2N2O3S/c8-5-3-4(15(9,13)14)1-2-6(5)11-7(10)12/h1-3H,(H3,10,11,12). The van der Waals surface area contributed by atoms with Crippen LogP contribution >= 0.6 is 22.3 Å². The molecule has 0 bridgehead atoms. The van der Waals surface area contributed by atoms with Gasteiger partial charge in [-0.3, -0.25) is 0 Å². The Kier molecular flexibility index (Phi) is 3.43. The first-order valence-electron chi connectivity index (χ1n) is 3.61. The lowest BCUT2D eigenvalue weighted by Crippen LogP contribution is -2.19. The lowest BCUT2D eigenvalue weighted by Gasteiger charge is -2.05. The van der Waals surface area contributed by atoms with E-state index >= 15 is 0 Å². The third-order valence-electron chi connectivity index (χ3n) is 1.48. The average molecular weight is 269 g/mol. The van der Waals surface area contributed by atoms with E-state index in [0.29, 0.717) is 0 Å². The first-order valence-corrected chi connectivity index (χ1v) is 6.30. The van der Waals surface area contributed by atoms with Crippen molar-refractivity contribution in [2.45, 2.75) is 4.90 Å². The molecule has 0 saturated heterocycles. The summed E-state index contributed by atoms with van der Waals surface area (Å²) >= 11 is 5.69. The maximum Gasteiger partial charge on any atom is 0.316 e. The van der Waals surface area contributed by atoms with Crippen LogP contribution in [0.5, 0.6) is 0 Å². The van der Waals surface area contributed by atoms with Gasteiger partial charge in [0.1, 0.15) is 0 Å². The van der Waals surface area contributed by atoms with Gasteiger partial charge in [-0.1, -0.05) is 11.6 Å². The molecule has 8 heteroatoms. The van der Waals surface area contributed by atoms with Gasteiger partial charge < -0.3 is 11.1 Å². The molecule has 0 unspecified atom stereocenters. The third kappa shape index (κ3) is 3.26. The molecule has 5 nitrogen and oxygen atoms in total. The Hall–Kier alpha value is -0.980. The highest BCUT2D eigenvalue weighted by molar-refractivity contribution is 8.13. The number of hydrogen-bond acceptors (Lipinski definition) is 3. The highest BCUT2D eigenvalue weighted by atomic mass is 35.7. The van der Waals surface area contributed by atoms with E-state index in [1.807, 2.05) is 0 Å². The van der Waals surface area contributed by atoms with Crippen LogP contribution in [0, 0.1) is 0 Å². The fourth-order valence-electron chi connectivity index (χ4n) is 0.882. The number of primary amides is 1. The Balaban J connectivity index is 3.15. The molecule has 3 N–H and O–H groups in total. The van der Waals surface area contributed by atoms with E-state index in [-0.39, 0.29) is 15.6 Å². The third-order valence-corrected chi connectivity index (χ3v) is 3.14. The van der Waals surface area contributed by atoms with Crippen molar-refractivity contribution in [2.24, 2.45) is 5.73 Å². The molecule has 0 saturated carbocycles. The van der Waals surface area contributed by atoms with Crippen molar-refractivity contribution in [2.75, 3.05) is 5.32 Å². The number of carbonyl (C=O) groups is 1. The van der Waals surface area contributed by atoms with Crippen molar-refractivity contribution >= 4 is 43.1 Å². The lowest BCUT2D eigenvalue weighted by atomic mass is 10.3. The summed E-state index contributed by atoms with van der Waals surface area (Å²) in [5.74, 6) is 0. The second-order valence-corrected chi connectivity index (χ2v) is 5.54. The number of hydrogen-bond donors (Lipinski definition) is 2. The quantitative estimate of drug-likeness (QED) is 0.801. The van der Waals surface area contributed by atoms with Crippen molar-refractivity contribution < 1.29 is 13.2 Å². The van der Waals surface area contributed by atoms with Gasteiger partial charge in [0.2, 0.25) is 0 Å². The summed E-state index contributed by atoms with van der Waals surface area (Å²) in [7, 11) is 1.26. The van der Waals surface area contributed by atoms with Gasteiger partial charge in [-0.2, -0.15) is 0 Å². The van der Waals surface area contributed by atoms with Crippen molar-refractivity contribution in [3.05, 3.63) is 23.2 Å². The van der Waals surface area contributed by atoms with Gasteiger partial charge in [-0.15, -0.1) is 0 Å². The lowest BCUT2D eigenvalue weighted by molar-refractivity contribution is 0.259. The zero-order valence-corrected chi connectivity index (χ0v) is 9.53. The normalized spacial score (nSPS) is 11.1. The summed E-state index contributed by atoms with van der Waals surface area (Å²) in [6.45, 7) is 0. The maximum absolute atomic E-state index is 10.9. The Morgan fingerprint density at radius 2 is 2.00 bits per heavy atom. The molecule has 1 rings (SSSR count). The largest absolute Gasteiger partial charge is 0.351 e. The molecule has 0 aliphatic carbocycles. The summed E-state index contributed by atoms with van der Waals surface area (Å²) in [4.78, 5) is 10.4. The molecule has 0 radical (unpaired) electrons. The predicted molar refractivity (Wildman–Crippen MR) is 57.7 cm³/mol. The predicted octanol–water partition coefficient (Wildman–Crippen LogP) is 1.76. The molecule has 1 aromatic carbocycles. The number of nitrogens with one attached hydrogen (secondary N) is 1. The Morgan fingerprint density at radius 1 is 1.40 bits per heavy atom. The number of anilines is 1. The molecule has 0 heterocycles. The SMILES string of the molecule is NC(=O)Nc1ccc(S(=O)(=O)Cl)cc1Cl. The van der Waals surface area contributed by atoms with E-state index in [2.05, 4.69) is 5.32 Å². The maximum atomic E-state index is 10.9. The van der Waals surface area contributed by atoms with Crippen molar-refractivity contribution in [1.29, 1.82) is 0 Å². The second-order valence-electron chi connectivity index (χ2n) is 2.57. The first kappa shape index (κ1) is 12.1. The molecule has 0 atom stereocenters. The number of amides is 2. The zero-order valence-electron chi connectivity index (χ0n) is 7.20. The van der Waals surface area contributed by atoms with Gasteiger partial charge in [0.05, 0.1) is 15.6 Å². The molecule has 0 spiro atoms. The minimum absolute atomic E-state index is 0.0375. The van der Waals surface area contributed by atoms with E-state index in [9.17, 15) is 13.2 Å². The molecule has 0 aliphatic heterocycles. The fraction of sp³-hybridized carbons (Fsp3) is 0. The molecular formula is C7H6Cl2N2O3S. The van der Waals surface area contributed by atoms with E-state index in [0.717, 1.165) is 6.07 Å². The molecule has 82 valence electrons. The monoisotopic (exact) mass is 268 g/mol. The number of halogens is 2. The molecule has 15 heavy (non-hydrogen) atoms. The van der Waals surface area contributed by atoms with Crippen LogP contribution < -0.4 is 11.1 Å². The van der Waals surface area contributed by atoms with Gasteiger partial charge in [0.25, 0.3) is 9.05 Å². The number of rotatable bonds is 2. The number of carbonyl (C=O) groups excluding carboxylic acids is 1.